The summed E-state index contributed by atoms with van der Waals surface area (Å²) in [5, 5.41) is 11.7. The summed E-state index contributed by atoms with van der Waals surface area (Å²) in [6.07, 6.45) is 0. The van der Waals surface area contributed by atoms with Gasteiger partial charge in [0.25, 0.3) is 0 Å². The van der Waals surface area contributed by atoms with Crippen molar-refractivity contribution in [2.75, 3.05) is 10.6 Å². The number of aryl methyl sites for hydroxylation is 2. The minimum Gasteiger partial charge on any atom is -0.332 e. The van der Waals surface area contributed by atoms with Crippen molar-refractivity contribution in [2.24, 2.45) is 5.14 Å². The molecular formula is C16H19N3O2S2. The molecule has 0 spiro atoms. The molecule has 0 bridgehead atoms. The van der Waals surface area contributed by atoms with Gasteiger partial charge in [0.05, 0.1) is 4.90 Å². The van der Waals surface area contributed by atoms with Gasteiger partial charge in [0, 0.05) is 11.4 Å². The van der Waals surface area contributed by atoms with Gasteiger partial charge < -0.3 is 10.6 Å². The zero-order chi connectivity index (χ0) is 17.2. The minimum atomic E-state index is -3.77. The SMILES string of the molecule is Cc1cccc(NC(=S)Nc2cc(S(N)(=O)=O)cc(C)c2C)c1. The molecule has 0 atom stereocenters. The molecule has 0 aliphatic carbocycles. The Balaban J connectivity index is 2.25. The van der Waals surface area contributed by atoms with Crippen LogP contribution in [0.25, 0.3) is 0 Å². The predicted molar refractivity (Wildman–Crippen MR) is 98.3 cm³/mol. The molecule has 0 unspecified atom stereocenters. The van der Waals surface area contributed by atoms with Gasteiger partial charge in [-0.2, -0.15) is 0 Å². The van der Waals surface area contributed by atoms with Gasteiger partial charge in [0.1, 0.15) is 0 Å². The van der Waals surface area contributed by atoms with Gasteiger partial charge in [-0.25, -0.2) is 13.6 Å². The Bertz CT molecular complexity index is 862. The number of nitrogens with one attached hydrogen (secondary N) is 2. The van der Waals surface area contributed by atoms with E-state index in [1.165, 1.54) is 6.07 Å². The number of thiocarbonyl (C=S) groups is 1. The van der Waals surface area contributed by atoms with E-state index in [-0.39, 0.29) is 4.90 Å². The molecule has 0 amide bonds. The molecule has 5 nitrogen and oxygen atoms in total. The van der Waals surface area contributed by atoms with Crippen LogP contribution in [0.3, 0.4) is 0 Å². The fourth-order valence-corrected chi connectivity index (χ4v) is 2.98. The van der Waals surface area contributed by atoms with Gasteiger partial charge in [-0.05, 0) is 73.9 Å². The molecule has 0 saturated carbocycles. The second-order valence-corrected chi connectivity index (χ2v) is 7.38. The summed E-state index contributed by atoms with van der Waals surface area (Å²) >= 11 is 5.30. The van der Waals surface area contributed by atoms with Crippen LogP contribution in [-0.4, -0.2) is 13.5 Å². The molecule has 122 valence electrons. The number of nitrogens with two attached hydrogens (primary N) is 1. The van der Waals surface area contributed by atoms with Gasteiger partial charge in [0.2, 0.25) is 10.0 Å². The molecule has 7 heteroatoms. The van der Waals surface area contributed by atoms with E-state index in [9.17, 15) is 8.42 Å². The first-order valence-corrected chi connectivity index (χ1v) is 8.91. The Labute approximate surface area is 142 Å². The van der Waals surface area contributed by atoms with E-state index < -0.39 is 10.0 Å². The van der Waals surface area contributed by atoms with Crippen LogP contribution in [0.1, 0.15) is 16.7 Å². The number of hydrogen-bond donors (Lipinski definition) is 3. The van der Waals surface area contributed by atoms with Crippen LogP contribution < -0.4 is 15.8 Å². The van der Waals surface area contributed by atoms with Crippen LogP contribution in [0.15, 0.2) is 41.3 Å². The Morgan fingerprint density at radius 3 is 2.39 bits per heavy atom. The number of rotatable bonds is 3. The lowest BCUT2D eigenvalue weighted by Crippen LogP contribution is -2.21. The second kappa shape index (κ2) is 6.66. The van der Waals surface area contributed by atoms with Gasteiger partial charge in [-0.15, -0.1) is 0 Å². The first-order chi connectivity index (χ1) is 10.7. The Kier molecular flexibility index (Phi) is 5.03. The lowest BCUT2D eigenvalue weighted by molar-refractivity contribution is 0.597. The third-order valence-electron chi connectivity index (χ3n) is 3.49. The maximum absolute atomic E-state index is 11.6. The van der Waals surface area contributed by atoms with Crippen LogP contribution >= 0.6 is 12.2 Å². The van der Waals surface area contributed by atoms with Gasteiger partial charge in [-0.3, -0.25) is 0 Å². The molecule has 2 aromatic carbocycles. The third-order valence-corrected chi connectivity index (χ3v) is 4.59. The average Bonchev–Trinajstić information content (AvgIpc) is 2.42. The van der Waals surface area contributed by atoms with E-state index in [1.807, 2.05) is 45.0 Å². The summed E-state index contributed by atoms with van der Waals surface area (Å²) in [6.45, 7) is 5.71. The van der Waals surface area contributed by atoms with Crippen LogP contribution in [0.4, 0.5) is 11.4 Å². The third kappa shape index (κ3) is 4.51. The molecule has 0 radical (unpaired) electrons. The van der Waals surface area contributed by atoms with Gasteiger partial charge in [-0.1, -0.05) is 12.1 Å². The number of primary sulfonamides is 1. The molecule has 4 N–H and O–H groups in total. The first kappa shape index (κ1) is 17.4. The Morgan fingerprint density at radius 1 is 1.09 bits per heavy atom. The molecule has 0 aliphatic rings. The number of anilines is 2. The molecule has 0 aliphatic heterocycles. The van der Waals surface area contributed by atoms with Crippen molar-refractivity contribution in [3.8, 4) is 0 Å². The molecule has 23 heavy (non-hydrogen) atoms. The van der Waals surface area contributed by atoms with Crippen molar-refractivity contribution >= 4 is 38.7 Å². The van der Waals surface area contributed by atoms with Gasteiger partial charge in [0.15, 0.2) is 5.11 Å². The molecule has 0 saturated heterocycles. The van der Waals surface area contributed by atoms with Gasteiger partial charge >= 0.3 is 0 Å². The molecule has 0 aromatic heterocycles. The Morgan fingerprint density at radius 2 is 1.78 bits per heavy atom. The zero-order valence-electron chi connectivity index (χ0n) is 13.2. The van der Waals surface area contributed by atoms with Crippen molar-refractivity contribution < 1.29 is 8.42 Å². The maximum Gasteiger partial charge on any atom is 0.238 e. The fourth-order valence-electron chi connectivity index (χ4n) is 2.13. The average molecular weight is 349 g/mol. The molecule has 2 rings (SSSR count). The second-order valence-electron chi connectivity index (χ2n) is 5.41. The summed E-state index contributed by atoms with van der Waals surface area (Å²) < 4.78 is 23.1. The molecule has 2 aromatic rings. The lowest BCUT2D eigenvalue weighted by atomic mass is 10.1. The van der Waals surface area contributed by atoms with Crippen LogP contribution in [0.2, 0.25) is 0 Å². The monoisotopic (exact) mass is 349 g/mol. The van der Waals surface area contributed by atoms with Crippen LogP contribution in [0, 0.1) is 20.8 Å². The number of sulfonamides is 1. The predicted octanol–water partition coefficient (Wildman–Crippen LogP) is 3.07. The molecule has 0 fully saturated rings. The summed E-state index contributed by atoms with van der Waals surface area (Å²) in [6, 6.07) is 10.8. The van der Waals surface area contributed by atoms with E-state index in [0.717, 1.165) is 22.4 Å². The fraction of sp³-hybridized carbons (Fsp3) is 0.188. The normalized spacial score (nSPS) is 11.1. The van der Waals surface area contributed by atoms with E-state index >= 15 is 0 Å². The van der Waals surface area contributed by atoms with Crippen molar-refractivity contribution in [1.82, 2.24) is 0 Å². The maximum atomic E-state index is 11.6. The van der Waals surface area contributed by atoms with Crippen molar-refractivity contribution in [1.29, 1.82) is 0 Å². The first-order valence-electron chi connectivity index (χ1n) is 6.95. The number of benzene rings is 2. The largest absolute Gasteiger partial charge is 0.332 e. The van der Waals surface area contributed by atoms with Crippen molar-refractivity contribution in [2.45, 2.75) is 25.7 Å². The smallest absolute Gasteiger partial charge is 0.238 e. The van der Waals surface area contributed by atoms with E-state index in [1.54, 1.807) is 6.07 Å². The van der Waals surface area contributed by atoms with E-state index in [4.69, 9.17) is 17.4 Å². The molecular weight excluding hydrogens is 330 g/mol. The highest BCUT2D eigenvalue weighted by atomic mass is 32.2. The van der Waals surface area contributed by atoms with Crippen LogP contribution in [0.5, 0.6) is 0 Å². The summed E-state index contributed by atoms with van der Waals surface area (Å²) in [4.78, 5) is 0.0569. The van der Waals surface area contributed by atoms with Crippen LogP contribution in [-0.2, 0) is 10.0 Å². The standard InChI is InChI=1S/C16H19N3O2S2/c1-10-5-4-6-13(7-10)18-16(22)19-15-9-14(23(17,20)21)8-11(2)12(15)3/h4-9H,1-3H3,(H2,17,20,21)(H2,18,19,22). The van der Waals surface area contributed by atoms with E-state index in [2.05, 4.69) is 10.6 Å². The number of hydrogen-bond acceptors (Lipinski definition) is 3. The summed E-state index contributed by atoms with van der Waals surface area (Å²) in [5.74, 6) is 0. The van der Waals surface area contributed by atoms with Crippen molar-refractivity contribution in [3.63, 3.8) is 0 Å². The summed E-state index contributed by atoms with van der Waals surface area (Å²) in [7, 11) is -3.77. The Hall–Kier alpha value is -1.96. The topological polar surface area (TPSA) is 84.2 Å². The highest BCUT2D eigenvalue weighted by Crippen LogP contribution is 2.24. The van der Waals surface area contributed by atoms with Crippen molar-refractivity contribution in [3.05, 3.63) is 53.1 Å². The van der Waals surface area contributed by atoms with E-state index in [0.29, 0.717) is 10.8 Å². The minimum absolute atomic E-state index is 0.0569. The summed E-state index contributed by atoms with van der Waals surface area (Å²) in [5.41, 5.74) is 4.31. The highest BCUT2D eigenvalue weighted by molar-refractivity contribution is 7.89. The quantitative estimate of drug-likeness (QED) is 0.742. The lowest BCUT2D eigenvalue weighted by Gasteiger charge is -2.15. The molecule has 0 heterocycles. The highest BCUT2D eigenvalue weighted by Gasteiger charge is 2.13. The zero-order valence-corrected chi connectivity index (χ0v) is 14.8.